The third-order valence-electron chi connectivity index (χ3n) is 3.25. The Labute approximate surface area is 145 Å². The predicted molar refractivity (Wildman–Crippen MR) is 79.5 cm³/mol. The Morgan fingerprint density at radius 3 is 2.46 bits per heavy atom. The summed E-state index contributed by atoms with van der Waals surface area (Å²) in [6, 6.07) is 4.66. The number of benzene rings is 1. The maximum atomic E-state index is 12.4. The molecule has 0 spiro atoms. The third kappa shape index (κ3) is 4.79. The number of nitrogens with zero attached hydrogens (tertiary/aromatic N) is 2. The van der Waals surface area contributed by atoms with Crippen molar-refractivity contribution in [2.45, 2.75) is 18.6 Å². The molecule has 8 nitrogen and oxygen atoms in total. The third-order valence-corrected chi connectivity index (χ3v) is 3.25. The number of carbonyl (C=O) groups excluding carboxylic acids is 2. The number of alkyl halides is 3. The molecule has 2 rings (SSSR count). The van der Waals surface area contributed by atoms with E-state index in [1.54, 1.807) is 0 Å². The molecule has 1 heterocycles. The van der Waals surface area contributed by atoms with E-state index in [0.717, 1.165) is 7.11 Å². The Morgan fingerprint density at radius 2 is 1.96 bits per heavy atom. The van der Waals surface area contributed by atoms with Gasteiger partial charge in [0.25, 0.3) is 0 Å². The number of esters is 1. The number of aliphatic hydroxyl groups excluding tert-OH is 1. The lowest BCUT2D eigenvalue weighted by Crippen LogP contribution is -2.44. The number of halogens is 3. The zero-order valence-electron chi connectivity index (χ0n) is 13.4. The minimum Gasteiger partial charge on any atom is -0.467 e. The molecule has 26 heavy (non-hydrogen) atoms. The molecule has 2 N–H and O–H groups in total. The fourth-order valence-electron chi connectivity index (χ4n) is 1.98. The lowest BCUT2D eigenvalue weighted by molar-refractivity contribution is -0.159. The monoisotopic (exact) mass is 373 g/mol. The Bertz CT molecular complexity index is 774. The number of amides is 1. The molecule has 0 unspecified atom stereocenters. The van der Waals surface area contributed by atoms with E-state index >= 15 is 0 Å². The lowest BCUT2D eigenvalue weighted by Gasteiger charge is -2.13. The predicted octanol–water partition coefficient (Wildman–Crippen LogP) is 0.948. The SMILES string of the molecule is COC(=O)[C@H](CO)NC(=O)Cc1ccc(-c2noc(C(F)(F)F)n2)cc1. The highest BCUT2D eigenvalue weighted by Gasteiger charge is 2.38. The highest BCUT2D eigenvalue weighted by Crippen LogP contribution is 2.29. The summed E-state index contributed by atoms with van der Waals surface area (Å²) in [6.45, 7) is -0.614. The van der Waals surface area contributed by atoms with Gasteiger partial charge in [0.2, 0.25) is 11.7 Å². The van der Waals surface area contributed by atoms with Gasteiger partial charge in [0.15, 0.2) is 6.04 Å². The van der Waals surface area contributed by atoms with Crippen molar-refractivity contribution in [3.63, 3.8) is 0 Å². The van der Waals surface area contributed by atoms with E-state index in [1.165, 1.54) is 24.3 Å². The smallest absolute Gasteiger partial charge is 0.467 e. The Kier molecular flexibility index (Phi) is 5.93. The van der Waals surface area contributed by atoms with Crippen LogP contribution < -0.4 is 5.32 Å². The van der Waals surface area contributed by atoms with Crippen molar-refractivity contribution in [2.75, 3.05) is 13.7 Å². The molecule has 0 bridgehead atoms. The molecule has 0 saturated carbocycles. The first-order chi connectivity index (χ1) is 12.2. The van der Waals surface area contributed by atoms with Crippen LogP contribution in [0.4, 0.5) is 13.2 Å². The standard InChI is InChI=1S/C15H14F3N3O5/c1-25-13(24)10(7-22)19-11(23)6-8-2-4-9(5-3-8)12-20-14(26-21-12)15(16,17)18/h2-5,10,22H,6-7H2,1H3,(H,19,23)/t10-/m0/s1. The minimum absolute atomic E-state index is 0.117. The molecule has 0 aliphatic carbocycles. The van der Waals surface area contributed by atoms with Gasteiger partial charge in [-0.05, 0) is 5.56 Å². The van der Waals surface area contributed by atoms with E-state index in [2.05, 4.69) is 24.7 Å². The fourth-order valence-corrected chi connectivity index (χ4v) is 1.98. The van der Waals surface area contributed by atoms with Crippen LogP contribution in [0.3, 0.4) is 0 Å². The number of methoxy groups -OCH3 is 1. The highest BCUT2D eigenvalue weighted by molar-refractivity contribution is 5.85. The van der Waals surface area contributed by atoms with Gasteiger partial charge in [0.1, 0.15) is 0 Å². The summed E-state index contributed by atoms with van der Waals surface area (Å²) in [4.78, 5) is 26.4. The second-order valence-electron chi connectivity index (χ2n) is 5.12. The number of hydrogen-bond acceptors (Lipinski definition) is 7. The van der Waals surface area contributed by atoms with E-state index in [4.69, 9.17) is 5.11 Å². The van der Waals surface area contributed by atoms with Crippen LogP contribution in [0.1, 0.15) is 11.5 Å². The summed E-state index contributed by atoms with van der Waals surface area (Å²) < 4.78 is 45.9. The van der Waals surface area contributed by atoms with Crippen LogP contribution in [0.15, 0.2) is 28.8 Å². The minimum atomic E-state index is -4.73. The molecule has 0 aliphatic heterocycles. The molecule has 0 radical (unpaired) electrons. The van der Waals surface area contributed by atoms with Crippen LogP contribution in [-0.4, -0.2) is 46.9 Å². The van der Waals surface area contributed by atoms with Crippen LogP contribution in [-0.2, 0) is 26.9 Å². The van der Waals surface area contributed by atoms with Crippen molar-refractivity contribution < 1.29 is 37.1 Å². The summed E-state index contributed by atoms with van der Waals surface area (Å²) >= 11 is 0. The molecule has 1 aromatic heterocycles. The van der Waals surface area contributed by atoms with E-state index in [-0.39, 0.29) is 17.8 Å². The van der Waals surface area contributed by atoms with Crippen LogP contribution >= 0.6 is 0 Å². The highest BCUT2D eigenvalue weighted by atomic mass is 19.4. The van der Waals surface area contributed by atoms with Crippen molar-refractivity contribution in [1.82, 2.24) is 15.5 Å². The van der Waals surface area contributed by atoms with Gasteiger partial charge >= 0.3 is 18.0 Å². The number of carbonyl (C=O) groups is 2. The van der Waals surface area contributed by atoms with Crippen LogP contribution in [0.25, 0.3) is 11.4 Å². The number of aromatic nitrogens is 2. The quantitative estimate of drug-likeness (QED) is 0.725. The molecule has 140 valence electrons. The molecular weight excluding hydrogens is 359 g/mol. The van der Waals surface area contributed by atoms with E-state index < -0.39 is 36.6 Å². The Hall–Kier alpha value is -2.95. The first-order valence-electron chi connectivity index (χ1n) is 7.23. The maximum absolute atomic E-state index is 12.4. The van der Waals surface area contributed by atoms with Crippen LogP contribution in [0, 0.1) is 0 Å². The second kappa shape index (κ2) is 7.95. The van der Waals surface area contributed by atoms with Crippen molar-refractivity contribution in [3.8, 4) is 11.4 Å². The summed E-state index contributed by atoms with van der Waals surface area (Å²) in [7, 11) is 1.12. The van der Waals surface area contributed by atoms with Gasteiger partial charge in [-0.2, -0.15) is 18.2 Å². The summed E-state index contributed by atoms with van der Waals surface area (Å²) in [5, 5.41) is 14.6. The topological polar surface area (TPSA) is 115 Å². The van der Waals surface area contributed by atoms with Gasteiger partial charge in [-0.3, -0.25) is 4.79 Å². The Morgan fingerprint density at radius 1 is 1.31 bits per heavy atom. The molecule has 11 heteroatoms. The first kappa shape index (κ1) is 19.4. The summed E-state index contributed by atoms with van der Waals surface area (Å²) in [5.41, 5.74) is 0.795. The number of ether oxygens (including phenoxy) is 1. The summed E-state index contributed by atoms with van der Waals surface area (Å²) in [5.74, 6) is -3.01. The van der Waals surface area contributed by atoms with Crippen LogP contribution in [0.2, 0.25) is 0 Å². The van der Waals surface area contributed by atoms with Crippen molar-refractivity contribution in [1.29, 1.82) is 0 Å². The average molecular weight is 373 g/mol. The van der Waals surface area contributed by atoms with E-state index in [0.29, 0.717) is 5.56 Å². The molecule has 0 saturated heterocycles. The molecule has 1 atom stereocenters. The fraction of sp³-hybridized carbons (Fsp3) is 0.333. The summed E-state index contributed by atoms with van der Waals surface area (Å²) in [6.07, 6.45) is -4.85. The van der Waals surface area contributed by atoms with Crippen molar-refractivity contribution in [2.24, 2.45) is 0 Å². The largest absolute Gasteiger partial charge is 0.471 e. The van der Waals surface area contributed by atoms with Gasteiger partial charge in [-0.1, -0.05) is 29.4 Å². The zero-order valence-corrected chi connectivity index (χ0v) is 13.4. The second-order valence-corrected chi connectivity index (χ2v) is 5.12. The number of hydrogen-bond donors (Lipinski definition) is 2. The normalized spacial score (nSPS) is 12.5. The van der Waals surface area contributed by atoms with Gasteiger partial charge in [-0.15, -0.1) is 0 Å². The van der Waals surface area contributed by atoms with Crippen molar-refractivity contribution >= 4 is 11.9 Å². The van der Waals surface area contributed by atoms with Crippen molar-refractivity contribution in [3.05, 3.63) is 35.7 Å². The molecule has 1 aromatic carbocycles. The van der Waals surface area contributed by atoms with E-state index in [1.807, 2.05) is 0 Å². The van der Waals surface area contributed by atoms with Gasteiger partial charge < -0.3 is 19.7 Å². The first-order valence-corrected chi connectivity index (χ1v) is 7.23. The van der Waals surface area contributed by atoms with Crippen LogP contribution in [0.5, 0.6) is 0 Å². The van der Waals surface area contributed by atoms with E-state index in [9.17, 15) is 22.8 Å². The lowest BCUT2D eigenvalue weighted by atomic mass is 10.1. The molecular formula is C15H14F3N3O5. The molecule has 0 aliphatic rings. The maximum Gasteiger partial charge on any atom is 0.471 e. The Balaban J connectivity index is 2.02. The van der Waals surface area contributed by atoms with Gasteiger partial charge in [-0.25, -0.2) is 4.79 Å². The molecule has 1 amide bonds. The van der Waals surface area contributed by atoms with Gasteiger partial charge in [0, 0.05) is 5.56 Å². The number of rotatable bonds is 6. The molecule has 2 aromatic rings. The number of aliphatic hydroxyl groups is 1. The van der Waals surface area contributed by atoms with Gasteiger partial charge in [0.05, 0.1) is 20.1 Å². The zero-order chi connectivity index (χ0) is 19.3. The number of nitrogens with one attached hydrogen (secondary N) is 1. The molecule has 0 fully saturated rings. The average Bonchev–Trinajstić information content (AvgIpc) is 3.10.